The molecule has 2 bridgehead atoms. The van der Waals surface area contributed by atoms with Gasteiger partial charge in [-0.15, -0.1) is 0 Å². The maximum absolute atomic E-state index is 5.90. The summed E-state index contributed by atoms with van der Waals surface area (Å²) in [5, 5.41) is 0. The molecule has 3 N–H and O–H groups in total. The number of benzene rings is 1. The third-order valence-electron chi connectivity index (χ3n) is 6.58. The Hall–Kier alpha value is -0.860. The van der Waals surface area contributed by atoms with Crippen LogP contribution in [0, 0.1) is 29.6 Å². The summed E-state index contributed by atoms with van der Waals surface area (Å²) in [7, 11) is 0. The number of rotatable bonds is 5. The first-order valence-corrected chi connectivity index (χ1v) is 8.74. The fourth-order valence-electron chi connectivity index (χ4n) is 5.53. The smallest absolute Gasteiger partial charge is 0.0284 e. The largest absolute Gasteiger partial charge is 0.271 e. The van der Waals surface area contributed by atoms with E-state index in [1.165, 1.54) is 30.4 Å². The van der Waals surface area contributed by atoms with Crippen molar-refractivity contribution in [3.8, 4) is 0 Å². The van der Waals surface area contributed by atoms with Crippen LogP contribution in [0.15, 0.2) is 24.3 Å². The molecule has 0 radical (unpaired) electrons. The summed E-state index contributed by atoms with van der Waals surface area (Å²) in [6.07, 6.45) is 5.59. The molecule has 0 aromatic heterocycles. The lowest BCUT2D eigenvalue weighted by molar-refractivity contribution is 0.365. The topological polar surface area (TPSA) is 38.0 Å². The molecule has 1 aromatic rings. The Labute approximate surface area is 128 Å². The first-order valence-electron chi connectivity index (χ1n) is 8.74. The van der Waals surface area contributed by atoms with E-state index < -0.39 is 0 Å². The van der Waals surface area contributed by atoms with E-state index in [0.717, 1.165) is 36.0 Å². The number of hydrazine groups is 1. The van der Waals surface area contributed by atoms with Crippen molar-refractivity contribution in [1.29, 1.82) is 0 Å². The summed E-state index contributed by atoms with van der Waals surface area (Å²) in [4.78, 5) is 0. The Kier molecular flexibility index (Phi) is 3.35. The molecule has 5 unspecified atom stereocenters. The van der Waals surface area contributed by atoms with Crippen molar-refractivity contribution >= 4 is 0 Å². The third kappa shape index (κ3) is 2.24. The molecule has 21 heavy (non-hydrogen) atoms. The highest BCUT2D eigenvalue weighted by molar-refractivity contribution is 5.26. The second kappa shape index (κ2) is 5.10. The van der Waals surface area contributed by atoms with Crippen molar-refractivity contribution in [3.63, 3.8) is 0 Å². The predicted octanol–water partition coefficient (Wildman–Crippen LogP) is 3.48. The quantitative estimate of drug-likeness (QED) is 0.642. The Balaban J connectivity index is 1.43. The molecule has 114 valence electrons. The van der Waals surface area contributed by atoms with Crippen molar-refractivity contribution in [1.82, 2.24) is 5.43 Å². The number of nitrogens with two attached hydrogens (primary N) is 1. The van der Waals surface area contributed by atoms with Gasteiger partial charge in [0.2, 0.25) is 0 Å². The van der Waals surface area contributed by atoms with Crippen LogP contribution >= 0.6 is 0 Å². The Morgan fingerprint density at radius 2 is 1.71 bits per heavy atom. The minimum absolute atomic E-state index is 0.480. The lowest BCUT2D eigenvalue weighted by atomic mass is 9.93. The van der Waals surface area contributed by atoms with Gasteiger partial charge in [-0.05, 0) is 72.3 Å². The summed E-state index contributed by atoms with van der Waals surface area (Å²) in [5.41, 5.74) is 6.01. The van der Waals surface area contributed by atoms with Crippen LogP contribution in [0.1, 0.15) is 50.2 Å². The van der Waals surface area contributed by atoms with Gasteiger partial charge < -0.3 is 0 Å². The van der Waals surface area contributed by atoms with Crippen LogP contribution in [0.5, 0.6) is 0 Å². The molecule has 4 rings (SSSR count). The summed E-state index contributed by atoms with van der Waals surface area (Å²) < 4.78 is 0. The van der Waals surface area contributed by atoms with Gasteiger partial charge in [0.05, 0.1) is 0 Å². The minimum atomic E-state index is 0.480. The third-order valence-corrected chi connectivity index (χ3v) is 6.58. The average Bonchev–Trinajstić information content (AvgIpc) is 2.91. The van der Waals surface area contributed by atoms with Crippen LogP contribution in [0.3, 0.4) is 0 Å². The van der Waals surface area contributed by atoms with Gasteiger partial charge in [-0.1, -0.05) is 38.1 Å². The summed E-state index contributed by atoms with van der Waals surface area (Å²) in [6.45, 7) is 4.50. The zero-order valence-electron chi connectivity index (χ0n) is 13.3. The molecular formula is C19H28N2. The molecule has 2 nitrogen and oxygen atoms in total. The van der Waals surface area contributed by atoms with Gasteiger partial charge in [-0.2, -0.15) is 0 Å². The van der Waals surface area contributed by atoms with Crippen LogP contribution in [-0.4, -0.2) is 6.04 Å². The Morgan fingerprint density at radius 3 is 2.24 bits per heavy atom. The Bertz CT molecular complexity index is 491. The van der Waals surface area contributed by atoms with E-state index in [1.807, 2.05) is 0 Å². The SMILES string of the molecule is CC(C)c1ccc(CC(NN)C2C3C4CCC(C4)C32)cc1. The molecule has 0 aliphatic heterocycles. The Morgan fingerprint density at radius 1 is 1.10 bits per heavy atom. The molecule has 5 atom stereocenters. The lowest BCUT2D eigenvalue weighted by Gasteiger charge is -2.20. The highest BCUT2D eigenvalue weighted by atomic mass is 15.2. The highest BCUT2D eigenvalue weighted by Gasteiger charge is 2.66. The zero-order chi connectivity index (χ0) is 14.6. The van der Waals surface area contributed by atoms with E-state index in [-0.39, 0.29) is 0 Å². The van der Waals surface area contributed by atoms with E-state index in [4.69, 9.17) is 5.84 Å². The molecule has 0 spiro atoms. The average molecular weight is 284 g/mol. The van der Waals surface area contributed by atoms with Crippen LogP contribution < -0.4 is 11.3 Å². The fourth-order valence-corrected chi connectivity index (χ4v) is 5.53. The van der Waals surface area contributed by atoms with Gasteiger partial charge in [0.15, 0.2) is 0 Å². The second-order valence-electron chi connectivity index (χ2n) is 7.94. The van der Waals surface area contributed by atoms with Gasteiger partial charge in [-0.3, -0.25) is 11.3 Å². The molecule has 0 heterocycles. The van der Waals surface area contributed by atoms with Crippen molar-refractivity contribution in [3.05, 3.63) is 35.4 Å². The first kappa shape index (κ1) is 13.8. The van der Waals surface area contributed by atoms with Crippen molar-refractivity contribution in [2.45, 2.75) is 51.5 Å². The van der Waals surface area contributed by atoms with Gasteiger partial charge in [0.1, 0.15) is 0 Å². The standard InChI is InChI=1S/C19H28N2/c1-11(2)13-5-3-12(4-6-13)9-16(21-20)19-17-14-7-8-15(10-14)18(17)19/h3-6,11,14-19,21H,7-10,20H2,1-2H3. The number of fused-ring (bicyclic) bond motifs is 5. The minimum Gasteiger partial charge on any atom is -0.271 e. The molecular weight excluding hydrogens is 256 g/mol. The lowest BCUT2D eigenvalue weighted by Crippen LogP contribution is -2.40. The number of hydrogen-bond acceptors (Lipinski definition) is 2. The monoisotopic (exact) mass is 284 g/mol. The normalized spacial score (nSPS) is 37.8. The van der Waals surface area contributed by atoms with Crippen LogP contribution in [0.25, 0.3) is 0 Å². The van der Waals surface area contributed by atoms with E-state index in [1.54, 1.807) is 0 Å². The first-order chi connectivity index (χ1) is 10.2. The van der Waals surface area contributed by atoms with Gasteiger partial charge in [-0.25, -0.2) is 0 Å². The van der Waals surface area contributed by atoms with E-state index in [0.29, 0.717) is 12.0 Å². The summed E-state index contributed by atoms with van der Waals surface area (Å²) in [5.74, 6) is 11.4. The van der Waals surface area contributed by atoms with Crippen LogP contribution in [-0.2, 0) is 6.42 Å². The molecule has 3 aliphatic rings. The highest BCUT2D eigenvalue weighted by Crippen LogP contribution is 2.70. The summed E-state index contributed by atoms with van der Waals surface area (Å²) in [6, 6.07) is 9.64. The summed E-state index contributed by atoms with van der Waals surface area (Å²) >= 11 is 0. The molecule has 0 amide bonds. The molecule has 3 saturated carbocycles. The van der Waals surface area contributed by atoms with Gasteiger partial charge in [0, 0.05) is 6.04 Å². The van der Waals surface area contributed by atoms with Crippen LogP contribution in [0.4, 0.5) is 0 Å². The fraction of sp³-hybridized carbons (Fsp3) is 0.684. The number of nitrogens with one attached hydrogen (secondary N) is 1. The van der Waals surface area contributed by atoms with Crippen molar-refractivity contribution < 1.29 is 0 Å². The van der Waals surface area contributed by atoms with E-state index in [9.17, 15) is 0 Å². The van der Waals surface area contributed by atoms with E-state index in [2.05, 4.69) is 43.5 Å². The second-order valence-corrected chi connectivity index (χ2v) is 7.94. The number of hydrogen-bond donors (Lipinski definition) is 2. The molecule has 3 fully saturated rings. The van der Waals surface area contributed by atoms with Crippen molar-refractivity contribution in [2.75, 3.05) is 0 Å². The van der Waals surface area contributed by atoms with Crippen molar-refractivity contribution in [2.24, 2.45) is 35.4 Å². The van der Waals surface area contributed by atoms with E-state index >= 15 is 0 Å². The van der Waals surface area contributed by atoms with Gasteiger partial charge >= 0.3 is 0 Å². The predicted molar refractivity (Wildman–Crippen MR) is 86.6 cm³/mol. The maximum atomic E-state index is 5.90. The molecule has 3 aliphatic carbocycles. The maximum Gasteiger partial charge on any atom is 0.0284 e. The van der Waals surface area contributed by atoms with Gasteiger partial charge in [0.25, 0.3) is 0 Å². The molecule has 2 heteroatoms. The van der Waals surface area contributed by atoms with Crippen LogP contribution in [0.2, 0.25) is 0 Å². The zero-order valence-corrected chi connectivity index (χ0v) is 13.3. The molecule has 0 saturated heterocycles. The molecule has 1 aromatic carbocycles.